The first-order valence-electron chi connectivity index (χ1n) is 6.75. The van der Waals surface area contributed by atoms with Gasteiger partial charge in [-0.1, -0.05) is 12.1 Å². The smallest absolute Gasteiger partial charge is 0.191 e. The Morgan fingerprint density at radius 2 is 2.11 bits per heavy atom. The molecule has 0 spiro atoms. The van der Waals surface area contributed by atoms with Gasteiger partial charge in [-0.2, -0.15) is 0 Å². The molecule has 0 aliphatic carbocycles. The van der Waals surface area contributed by atoms with Crippen LogP contribution in [0.1, 0.15) is 31.9 Å². The number of guanidine groups is 1. The third-order valence-corrected chi connectivity index (χ3v) is 2.66. The summed E-state index contributed by atoms with van der Waals surface area (Å²) in [5, 5.41) is 6.53. The summed E-state index contributed by atoms with van der Waals surface area (Å²) < 4.78 is 5.32. The number of nitrogens with one attached hydrogen (secondary N) is 2. The molecule has 0 amide bonds. The van der Waals surface area contributed by atoms with Crippen molar-refractivity contribution in [2.45, 2.75) is 40.3 Å². The Labute approximate surface area is 116 Å². The molecule has 0 aromatic heterocycles. The van der Waals surface area contributed by atoms with Crippen LogP contribution in [0.4, 0.5) is 0 Å². The number of hydrogen-bond acceptors (Lipinski definition) is 2. The Bertz CT molecular complexity index is 427. The maximum Gasteiger partial charge on any atom is 0.191 e. The van der Waals surface area contributed by atoms with Gasteiger partial charge in [0.15, 0.2) is 5.96 Å². The van der Waals surface area contributed by atoms with E-state index in [2.05, 4.69) is 48.5 Å². The fraction of sp³-hybridized carbons (Fsp3) is 0.533. The van der Waals surface area contributed by atoms with E-state index in [1.54, 1.807) is 7.11 Å². The van der Waals surface area contributed by atoms with E-state index in [4.69, 9.17) is 4.74 Å². The zero-order valence-corrected chi connectivity index (χ0v) is 12.6. The SMILES string of the molecule is CCNC(=NCc1ccc(C)c(OC)c1)NC(C)C. The monoisotopic (exact) mass is 263 g/mol. The van der Waals surface area contributed by atoms with E-state index in [1.165, 1.54) is 0 Å². The van der Waals surface area contributed by atoms with Crippen LogP contribution in [0.3, 0.4) is 0 Å². The first-order chi connectivity index (χ1) is 9.06. The fourth-order valence-electron chi connectivity index (χ4n) is 1.73. The highest BCUT2D eigenvalue weighted by Gasteiger charge is 2.02. The fourth-order valence-corrected chi connectivity index (χ4v) is 1.73. The van der Waals surface area contributed by atoms with Crippen molar-refractivity contribution in [2.75, 3.05) is 13.7 Å². The van der Waals surface area contributed by atoms with E-state index in [-0.39, 0.29) is 0 Å². The average Bonchev–Trinajstić information content (AvgIpc) is 2.37. The summed E-state index contributed by atoms with van der Waals surface area (Å²) in [5.74, 6) is 1.76. The van der Waals surface area contributed by atoms with Gasteiger partial charge in [0, 0.05) is 12.6 Å². The first kappa shape index (κ1) is 15.3. The van der Waals surface area contributed by atoms with Crippen molar-refractivity contribution in [1.82, 2.24) is 10.6 Å². The topological polar surface area (TPSA) is 45.7 Å². The van der Waals surface area contributed by atoms with E-state index in [1.807, 2.05) is 13.0 Å². The van der Waals surface area contributed by atoms with Crippen LogP contribution in [0.15, 0.2) is 23.2 Å². The van der Waals surface area contributed by atoms with E-state index >= 15 is 0 Å². The predicted molar refractivity (Wildman–Crippen MR) is 80.8 cm³/mol. The Morgan fingerprint density at radius 3 is 2.68 bits per heavy atom. The van der Waals surface area contributed by atoms with Crippen molar-refractivity contribution in [2.24, 2.45) is 4.99 Å². The molecule has 2 N–H and O–H groups in total. The van der Waals surface area contributed by atoms with Gasteiger partial charge in [-0.25, -0.2) is 4.99 Å². The van der Waals surface area contributed by atoms with Crippen LogP contribution >= 0.6 is 0 Å². The number of ether oxygens (including phenoxy) is 1. The minimum absolute atomic E-state index is 0.366. The predicted octanol–water partition coefficient (Wildman–Crippen LogP) is 2.47. The lowest BCUT2D eigenvalue weighted by molar-refractivity contribution is 0.411. The largest absolute Gasteiger partial charge is 0.496 e. The van der Waals surface area contributed by atoms with Gasteiger partial charge >= 0.3 is 0 Å². The number of rotatable bonds is 5. The Morgan fingerprint density at radius 1 is 1.37 bits per heavy atom. The summed E-state index contributed by atoms with van der Waals surface area (Å²) in [6, 6.07) is 6.55. The minimum Gasteiger partial charge on any atom is -0.496 e. The Kier molecular flexibility index (Phi) is 6.19. The molecule has 0 unspecified atom stereocenters. The molecule has 0 fully saturated rings. The number of benzene rings is 1. The number of methoxy groups -OCH3 is 1. The van der Waals surface area contributed by atoms with Gasteiger partial charge in [-0.05, 0) is 44.9 Å². The Hall–Kier alpha value is -1.71. The molecule has 1 aromatic rings. The summed E-state index contributed by atoms with van der Waals surface area (Å²) in [7, 11) is 1.69. The van der Waals surface area contributed by atoms with Gasteiger partial charge in [-0.15, -0.1) is 0 Å². The van der Waals surface area contributed by atoms with Crippen LogP contribution in [0.2, 0.25) is 0 Å². The molecule has 0 saturated heterocycles. The van der Waals surface area contributed by atoms with Gasteiger partial charge in [0.05, 0.1) is 13.7 Å². The molecule has 19 heavy (non-hydrogen) atoms. The van der Waals surface area contributed by atoms with Crippen molar-refractivity contribution >= 4 is 5.96 Å². The van der Waals surface area contributed by atoms with Gasteiger partial charge in [0.2, 0.25) is 0 Å². The lowest BCUT2D eigenvalue weighted by Crippen LogP contribution is -2.40. The van der Waals surface area contributed by atoms with Crippen molar-refractivity contribution in [3.63, 3.8) is 0 Å². The molecule has 106 valence electrons. The van der Waals surface area contributed by atoms with E-state index in [0.717, 1.165) is 29.4 Å². The van der Waals surface area contributed by atoms with Crippen LogP contribution in [0.5, 0.6) is 5.75 Å². The first-order valence-corrected chi connectivity index (χ1v) is 6.75. The van der Waals surface area contributed by atoms with Crippen molar-refractivity contribution < 1.29 is 4.74 Å². The summed E-state index contributed by atoms with van der Waals surface area (Å²) in [4.78, 5) is 4.57. The van der Waals surface area contributed by atoms with Crippen molar-refractivity contribution in [3.8, 4) is 5.75 Å². The number of nitrogens with zero attached hydrogens (tertiary/aromatic N) is 1. The lowest BCUT2D eigenvalue weighted by Gasteiger charge is -2.14. The molecule has 0 aliphatic rings. The highest BCUT2D eigenvalue weighted by molar-refractivity contribution is 5.79. The minimum atomic E-state index is 0.366. The van der Waals surface area contributed by atoms with E-state index in [9.17, 15) is 0 Å². The summed E-state index contributed by atoms with van der Waals surface area (Å²) in [5.41, 5.74) is 2.28. The van der Waals surface area contributed by atoms with Crippen LogP contribution < -0.4 is 15.4 Å². The van der Waals surface area contributed by atoms with Gasteiger partial charge in [-0.3, -0.25) is 0 Å². The van der Waals surface area contributed by atoms with Crippen LogP contribution in [-0.4, -0.2) is 25.7 Å². The normalized spacial score (nSPS) is 11.6. The average molecular weight is 263 g/mol. The van der Waals surface area contributed by atoms with Crippen LogP contribution in [-0.2, 0) is 6.54 Å². The maximum atomic E-state index is 5.32. The Balaban J connectivity index is 2.76. The zero-order valence-electron chi connectivity index (χ0n) is 12.6. The molecule has 4 nitrogen and oxygen atoms in total. The number of aryl methyl sites for hydroxylation is 1. The molecule has 0 atom stereocenters. The highest BCUT2D eigenvalue weighted by atomic mass is 16.5. The second-order valence-corrected chi connectivity index (χ2v) is 4.80. The standard InChI is InChI=1S/C15H25N3O/c1-6-16-15(18-11(2)3)17-10-13-8-7-12(4)14(9-13)19-5/h7-9,11H,6,10H2,1-5H3,(H2,16,17,18). The molecular formula is C15H25N3O. The molecule has 0 aliphatic heterocycles. The number of hydrogen-bond donors (Lipinski definition) is 2. The van der Waals surface area contributed by atoms with E-state index < -0.39 is 0 Å². The highest BCUT2D eigenvalue weighted by Crippen LogP contribution is 2.19. The summed E-state index contributed by atoms with van der Waals surface area (Å²) >= 11 is 0. The molecule has 1 rings (SSSR count). The zero-order chi connectivity index (χ0) is 14.3. The molecule has 1 aromatic carbocycles. The van der Waals surface area contributed by atoms with Crippen molar-refractivity contribution in [1.29, 1.82) is 0 Å². The van der Waals surface area contributed by atoms with Gasteiger partial charge in [0.1, 0.15) is 5.75 Å². The molecule has 0 saturated carbocycles. The molecular weight excluding hydrogens is 238 g/mol. The van der Waals surface area contributed by atoms with Crippen LogP contribution in [0.25, 0.3) is 0 Å². The number of aliphatic imine (C=N–C) groups is 1. The third kappa shape index (κ3) is 5.20. The third-order valence-electron chi connectivity index (χ3n) is 2.66. The summed E-state index contributed by atoms with van der Waals surface area (Å²) in [6.07, 6.45) is 0. The molecule has 4 heteroatoms. The van der Waals surface area contributed by atoms with Gasteiger partial charge in [0.25, 0.3) is 0 Å². The quantitative estimate of drug-likeness (QED) is 0.633. The summed E-state index contributed by atoms with van der Waals surface area (Å²) in [6.45, 7) is 9.79. The maximum absolute atomic E-state index is 5.32. The second kappa shape index (κ2) is 7.67. The second-order valence-electron chi connectivity index (χ2n) is 4.80. The van der Waals surface area contributed by atoms with E-state index in [0.29, 0.717) is 12.6 Å². The lowest BCUT2D eigenvalue weighted by atomic mass is 10.1. The van der Waals surface area contributed by atoms with Crippen molar-refractivity contribution in [3.05, 3.63) is 29.3 Å². The molecule has 0 bridgehead atoms. The van der Waals surface area contributed by atoms with Crippen LogP contribution in [0, 0.1) is 6.92 Å². The molecule has 0 heterocycles. The van der Waals surface area contributed by atoms with Gasteiger partial charge < -0.3 is 15.4 Å². The molecule has 0 radical (unpaired) electrons.